The van der Waals surface area contributed by atoms with E-state index in [4.69, 9.17) is 25.7 Å². The summed E-state index contributed by atoms with van der Waals surface area (Å²) < 4.78 is 10.7. The van der Waals surface area contributed by atoms with E-state index in [1.54, 1.807) is 18.2 Å². The van der Waals surface area contributed by atoms with Crippen molar-refractivity contribution in [3.8, 4) is 5.75 Å². The van der Waals surface area contributed by atoms with Crippen LogP contribution in [-0.4, -0.2) is 18.0 Å². The average molecular weight is 343 g/mol. The van der Waals surface area contributed by atoms with Crippen LogP contribution in [0.1, 0.15) is 16.8 Å². The summed E-state index contributed by atoms with van der Waals surface area (Å²) in [5, 5.41) is 8.69. The molecule has 0 aliphatic rings. The molecule has 0 aliphatic carbocycles. The second kappa shape index (κ2) is 7.66. The van der Waals surface area contributed by atoms with E-state index in [0.717, 1.165) is 16.9 Å². The highest BCUT2D eigenvalue weighted by Crippen LogP contribution is 2.20. The molecule has 0 radical (unpaired) electrons. The zero-order valence-electron chi connectivity index (χ0n) is 13.0. The molecule has 3 aromatic rings. The molecule has 0 saturated heterocycles. The molecule has 2 aromatic carbocycles. The maximum atomic E-state index is 5.89. The summed E-state index contributed by atoms with van der Waals surface area (Å²) in [5.74, 6) is 0.737. The SMILES string of the molecule is CO/N=C(\c1ccon1)c1ccccc1COc1ccc(Cl)cc1. The molecule has 0 amide bonds. The monoisotopic (exact) mass is 342 g/mol. The number of benzene rings is 2. The Labute approximate surface area is 144 Å². The summed E-state index contributed by atoms with van der Waals surface area (Å²) in [6.07, 6.45) is 1.49. The van der Waals surface area contributed by atoms with Crippen molar-refractivity contribution in [3.63, 3.8) is 0 Å². The lowest BCUT2D eigenvalue weighted by atomic mass is 10.0. The Bertz CT molecular complexity index is 815. The van der Waals surface area contributed by atoms with Crippen LogP contribution in [0.25, 0.3) is 0 Å². The van der Waals surface area contributed by atoms with Crippen molar-refractivity contribution in [3.05, 3.63) is 82.7 Å². The lowest BCUT2D eigenvalue weighted by Crippen LogP contribution is -2.10. The summed E-state index contributed by atoms with van der Waals surface area (Å²) in [4.78, 5) is 4.96. The number of oxime groups is 1. The molecule has 0 N–H and O–H groups in total. The maximum Gasteiger partial charge on any atom is 0.139 e. The molecule has 0 unspecified atom stereocenters. The number of hydrogen-bond donors (Lipinski definition) is 0. The Balaban J connectivity index is 1.87. The van der Waals surface area contributed by atoms with Gasteiger partial charge in [-0.3, -0.25) is 0 Å². The lowest BCUT2D eigenvalue weighted by molar-refractivity contribution is 0.213. The van der Waals surface area contributed by atoms with E-state index >= 15 is 0 Å². The molecule has 1 heterocycles. The molecule has 5 nitrogen and oxygen atoms in total. The van der Waals surface area contributed by atoms with Gasteiger partial charge < -0.3 is 14.1 Å². The Morgan fingerprint density at radius 3 is 2.62 bits per heavy atom. The van der Waals surface area contributed by atoms with Gasteiger partial charge in [0.05, 0.1) is 0 Å². The smallest absolute Gasteiger partial charge is 0.139 e. The van der Waals surface area contributed by atoms with Crippen molar-refractivity contribution in [2.75, 3.05) is 7.11 Å². The van der Waals surface area contributed by atoms with Crippen molar-refractivity contribution >= 4 is 17.3 Å². The predicted molar refractivity (Wildman–Crippen MR) is 91.4 cm³/mol. The van der Waals surface area contributed by atoms with Gasteiger partial charge in [0.1, 0.15) is 37.1 Å². The van der Waals surface area contributed by atoms with Gasteiger partial charge in [0.2, 0.25) is 0 Å². The topological polar surface area (TPSA) is 56.9 Å². The third-order valence-electron chi connectivity index (χ3n) is 3.34. The quantitative estimate of drug-likeness (QED) is 0.495. The summed E-state index contributed by atoms with van der Waals surface area (Å²) in [6, 6.07) is 16.7. The first-order valence-electron chi connectivity index (χ1n) is 7.26. The zero-order valence-corrected chi connectivity index (χ0v) is 13.7. The van der Waals surface area contributed by atoms with Gasteiger partial charge in [-0.25, -0.2) is 0 Å². The van der Waals surface area contributed by atoms with Crippen molar-refractivity contribution in [2.45, 2.75) is 6.61 Å². The Morgan fingerprint density at radius 2 is 1.92 bits per heavy atom. The first-order valence-corrected chi connectivity index (χ1v) is 7.64. The van der Waals surface area contributed by atoms with Crippen molar-refractivity contribution < 1.29 is 14.1 Å². The summed E-state index contributed by atoms with van der Waals surface area (Å²) >= 11 is 5.89. The van der Waals surface area contributed by atoms with Gasteiger partial charge in [-0.15, -0.1) is 0 Å². The number of halogens is 1. The molecular weight excluding hydrogens is 328 g/mol. The van der Waals surface area contributed by atoms with Gasteiger partial charge in [0.15, 0.2) is 0 Å². The second-order valence-electron chi connectivity index (χ2n) is 4.91. The predicted octanol–water partition coefficient (Wildman–Crippen LogP) is 4.31. The fourth-order valence-corrected chi connectivity index (χ4v) is 2.35. The molecule has 6 heteroatoms. The van der Waals surface area contributed by atoms with Crippen molar-refractivity contribution in [2.24, 2.45) is 5.16 Å². The van der Waals surface area contributed by atoms with Crippen LogP contribution in [0.15, 0.2) is 70.5 Å². The minimum Gasteiger partial charge on any atom is -0.489 e. The minimum absolute atomic E-state index is 0.373. The van der Waals surface area contributed by atoms with Crippen molar-refractivity contribution in [1.82, 2.24) is 5.16 Å². The fourth-order valence-electron chi connectivity index (χ4n) is 2.23. The number of rotatable bonds is 6. The lowest BCUT2D eigenvalue weighted by Gasteiger charge is -2.11. The molecule has 1 aromatic heterocycles. The molecule has 24 heavy (non-hydrogen) atoms. The fraction of sp³-hybridized carbons (Fsp3) is 0.111. The molecule has 0 fully saturated rings. The maximum absolute atomic E-state index is 5.89. The van der Waals surface area contributed by atoms with Gasteiger partial charge >= 0.3 is 0 Å². The highest BCUT2D eigenvalue weighted by atomic mass is 35.5. The summed E-state index contributed by atoms with van der Waals surface area (Å²) in [7, 11) is 1.49. The largest absolute Gasteiger partial charge is 0.489 e. The van der Waals surface area contributed by atoms with Gasteiger partial charge in [-0.1, -0.05) is 46.2 Å². The Kier molecular flexibility index (Phi) is 5.13. The average Bonchev–Trinajstić information content (AvgIpc) is 3.14. The number of ether oxygens (including phenoxy) is 1. The van der Waals surface area contributed by atoms with E-state index in [2.05, 4.69) is 10.3 Å². The molecule has 0 aliphatic heterocycles. The minimum atomic E-state index is 0.373. The molecule has 122 valence electrons. The third kappa shape index (κ3) is 3.75. The number of aromatic nitrogens is 1. The molecule has 0 saturated carbocycles. The van der Waals surface area contributed by atoms with E-state index in [1.165, 1.54) is 13.4 Å². The van der Waals surface area contributed by atoms with Crippen LogP contribution < -0.4 is 4.74 Å². The first-order chi connectivity index (χ1) is 11.8. The molecule has 0 spiro atoms. The van der Waals surface area contributed by atoms with E-state index < -0.39 is 0 Å². The van der Waals surface area contributed by atoms with Gasteiger partial charge in [0.25, 0.3) is 0 Å². The number of hydrogen-bond acceptors (Lipinski definition) is 5. The normalized spacial score (nSPS) is 11.3. The summed E-state index contributed by atoms with van der Waals surface area (Å²) in [6.45, 7) is 0.373. The van der Waals surface area contributed by atoms with E-state index in [-0.39, 0.29) is 0 Å². The zero-order chi connectivity index (χ0) is 16.8. The van der Waals surface area contributed by atoms with Crippen LogP contribution in [0.2, 0.25) is 5.02 Å². The van der Waals surface area contributed by atoms with Crippen LogP contribution in [0.3, 0.4) is 0 Å². The Hall–Kier alpha value is -2.79. The third-order valence-corrected chi connectivity index (χ3v) is 3.60. The highest BCUT2D eigenvalue weighted by molar-refractivity contribution is 6.30. The van der Waals surface area contributed by atoms with E-state index in [1.807, 2.05) is 36.4 Å². The molecule has 0 atom stereocenters. The van der Waals surface area contributed by atoms with E-state index in [0.29, 0.717) is 23.0 Å². The second-order valence-corrected chi connectivity index (χ2v) is 5.34. The highest BCUT2D eigenvalue weighted by Gasteiger charge is 2.15. The summed E-state index contributed by atoms with van der Waals surface area (Å²) in [5.41, 5.74) is 2.99. The van der Waals surface area contributed by atoms with Crippen LogP contribution in [0.5, 0.6) is 5.75 Å². The van der Waals surface area contributed by atoms with Crippen LogP contribution >= 0.6 is 11.6 Å². The molecule has 0 bridgehead atoms. The van der Waals surface area contributed by atoms with Crippen molar-refractivity contribution in [1.29, 1.82) is 0 Å². The molecular formula is C18H15ClN2O3. The number of nitrogens with zero attached hydrogens (tertiary/aromatic N) is 2. The molecule has 3 rings (SSSR count). The van der Waals surface area contributed by atoms with Crippen LogP contribution in [0.4, 0.5) is 0 Å². The standard InChI is InChI=1S/C18H15ClN2O3/c1-22-21-18(17-10-11-24-20-17)16-5-3-2-4-13(16)12-23-15-8-6-14(19)7-9-15/h2-11H,12H2,1H3/b21-18-. The van der Waals surface area contributed by atoms with Gasteiger partial charge in [-0.2, -0.15) is 0 Å². The van der Waals surface area contributed by atoms with Crippen LogP contribution in [0, 0.1) is 0 Å². The van der Waals surface area contributed by atoms with Gasteiger partial charge in [-0.05, 0) is 29.8 Å². The van der Waals surface area contributed by atoms with E-state index in [9.17, 15) is 0 Å². The Morgan fingerprint density at radius 1 is 1.12 bits per heavy atom. The van der Waals surface area contributed by atoms with Crippen LogP contribution in [-0.2, 0) is 11.4 Å². The first kappa shape index (κ1) is 16.1. The van der Waals surface area contributed by atoms with Gasteiger partial charge in [0, 0.05) is 16.7 Å².